The molecule has 0 bridgehead atoms. The molecule has 1 fully saturated rings. The Labute approximate surface area is 176 Å². The molecular weight excluding hydrogens is 413 g/mol. The molecule has 0 saturated heterocycles. The number of rotatable bonds is 5. The van der Waals surface area contributed by atoms with Crippen LogP contribution in [0.1, 0.15) is 35.7 Å². The first kappa shape index (κ1) is 19.8. The zero-order chi connectivity index (χ0) is 20.7. The number of amides is 1. The molecule has 8 heteroatoms. The summed E-state index contributed by atoms with van der Waals surface area (Å²) in [5, 5.41) is 0.762. The van der Waals surface area contributed by atoms with Crippen molar-refractivity contribution in [2.24, 2.45) is 0 Å². The summed E-state index contributed by atoms with van der Waals surface area (Å²) in [5.41, 5.74) is 1.04. The number of hydrogen-bond donors (Lipinski definition) is 1. The zero-order valence-corrected chi connectivity index (χ0v) is 17.3. The van der Waals surface area contributed by atoms with Gasteiger partial charge >= 0.3 is 0 Å². The molecule has 5 nitrogen and oxygen atoms in total. The van der Waals surface area contributed by atoms with Gasteiger partial charge in [-0.3, -0.25) is 14.2 Å². The summed E-state index contributed by atoms with van der Waals surface area (Å²) in [6.45, 7) is 2.40. The zero-order valence-electron chi connectivity index (χ0n) is 15.7. The fourth-order valence-corrected chi connectivity index (χ4v) is 3.99. The fraction of sp³-hybridized carbons (Fsp3) is 0.286. The monoisotopic (exact) mass is 431 g/mol. The number of carbonyl (C=O) groups excluding carboxylic acids is 1. The first-order chi connectivity index (χ1) is 13.9. The van der Waals surface area contributed by atoms with E-state index in [4.69, 9.17) is 23.8 Å². The number of fused-ring (bicyclic) bond motifs is 1. The molecule has 1 N–H and O–H groups in total. The lowest BCUT2D eigenvalue weighted by atomic mass is 10.1. The van der Waals surface area contributed by atoms with Gasteiger partial charge < -0.3 is 9.88 Å². The smallest absolute Gasteiger partial charge is 0.262 e. The van der Waals surface area contributed by atoms with E-state index >= 15 is 0 Å². The molecule has 1 aliphatic carbocycles. The van der Waals surface area contributed by atoms with Crippen LogP contribution in [0.3, 0.4) is 0 Å². The van der Waals surface area contributed by atoms with E-state index in [-0.39, 0.29) is 24.1 Å². The van der Waals surface area contributed by atoms with Crippen LogP contribution in [0.2, 0.25) is 5.02 Å². The predicted octanol–water partition coefficient (Wildman–Crippen LogP) is 4.68. The quantitative estimate of drug-likeness (QED) is 0.597. The largest absolute Gasteiger partial charge is 0.332 e. The van der Waals surface area contributed by atoms with Crippen molar-refractivity contribution in [2.75, 3.05) is 0 Å². The van der Waals surface area contributed by atoms with Gasteiger partial charge in [-0.15, -0.1) is 0 Å². The van der Waals surface area contributed by atoms with Gasteiger partial charge in [0.2, 0.25) is 0 Å². The standard InChI is InChI=1S/C21H19ClFN3O2S/c1-2-25-20(28)14-9-6-12(10-18(14)24-21(25)29)19(27)26(13-7-8-13)11-15-16(22)4-3-5-17(15)23/h3-6,9-10,13H,2,7-8,11H2,1H3,(H,24,29). The molecule has 29 heavy (non-hydrogen) atoms. The average Bonchev–Trinajstić information content (AvgIpc) is 3.52. The summed E-state index contributed by atoms with van der Waals surface area (Å²) in [7, 11) is 0. The molecule has 1 amide bonds. The van der Waals surface area contributed by atoms with Crippen molar-refractivity contribution in [3.05, 3.63) is 73.5 Å². The van der Waals surface area contributed by atoms with Crippen molar-refractivity contribution in [3.63, 3.8) is 0 Å². The molecule has 0 spiro atoms. The number of aromatic amines is 1. The highest BCUT2D eigenvalue weighted by molar-refractivity contribution is 7.71. The normalized spacial score (nSPS) is 13.6. The van der Waals surface area contributed by atoms with Gasteiger partial charge in [-0.05, 0) is 62.3 Å². The second-order valence-electron chi connectivity index (χ2n) is 7.10. The molecule has 1 aromatic heterocycles. The van der Waals surface area contributed by atoms with Crippen molar-refractivity contribution < 1.29 is 9.18 Å². The van der Waals surface area contributed by atoms with Gasteiger partial charge in [0.25, 0.3) is 11.5 Å². The van der Waals surface area contributed by atoms with Gasteiger partial charge in [-0.25, -0.2) is 4.39 Å². The van der Waals surface area contributed by atoms with Crippen molar-refractivity contribution in [2.45, 2.75) is 38.9 Å². The molecule has 1 aliphatic rings. The van der Waals surface area contributed by atoms with Crippen LogP contribution in [0.5, 0.6) is 0 Å². The van der Waals surface area contributed by atoms with Gasteiger partial charge in [-0.1, -0.05) is 17.7 Å². The van der Waals surface area contributed by atoms with Gasteiger partial charge in [0, 0.05) is 28.7 Å². The summed E-state index contributed by atoms with van der Waals surface area (Å²) in [6, 6.07) is 9.44. The van der Waals surface area contributed by atoms with Crippen LogP contribution in [0.15, 0.2) is 41.2 Å². The molecule has 1 saturated carbocycles. The van der Waals surface area contributed by atoms with E-state index in [1.54, 1.807) is 35.2 Å². The maximum atomic E-state index is 14.3. The Hall–Kier alpha value is -2.51. The first-order valence-electron chi connectivity index (χ1n) is 9.41. The average molecular weight is 432 g/mol. The highest BCUT2D eigenvalue weighted by Crippen LogP contribution is 2.32. The van der Waals surface area contributed by atoms with Crippen LogP contribution in [0, 0.1) is 10.6 Å². The van der Waals surface area contributed by atoms with E-state index in [0.29, 0.717) is 38.4 Å². The van der Waals surface area contributed by atoms with Crippen LogP contribution in [-0.2, 0) is 13.1 Å². The number of nitrogens with zero attached hydrogens (tertiary/aromatic N) is 2. The van der Waals surface area contributed by atoms with Gasteiger partial charge in [0.05, 0.1) is 17.4 Å². The van der Waals surface area contributed by atoms with E-state index in [1.807, 2.05) is 6.92 Å². The molecule has 0 unspecified atom stereocenters. The Balaban J connectivity index is 1.72. The van der Waals surface area contributed by atoms with Crippen molar-refractivity contribution >= 4 is 40.6 Å². The Morgan fingerprint density at radius 3 is 2.76 bits per heavy atom. The molecule has 4 rings (SSSR count). The molecule has 2 aromatic carbocycles. The van der Waals surface area contributed by atoms with E-state index in [2.05, 4.69) is 4.98 Å². The number of benzene rings is 2. The number of H-pyrrole nitrogens is 1. The van der Waals surface area contributed by atoms with Crippen molar-refractivity contribution in [1.29, 1.82) is 0 Å². The van der Waals surface area contributed by atoms with Gasteiger partial charge in [0.1, 0.15) is 5.82 Å². The van der Waals surface area contributed by atoms with Crippen molar-refractivity contribution in [3.8, 4) is 0 Å². The lowest BCUT2D eigenvalue weighted by Gasteiger charge is -2.23. The Morgan fingerprint density at radius 2 is 2.10 bits per heavy atom. The summed E-state index contributed by atoms with van der Waals surface area (Å²) in [5.74, 6) is -0.661. The summed E-state index contributed by atoms with van der Waals surface area (Å²) in [4.78, 5) is 30.5. The fourth-order valence-electron chi connectivity index (χ4n) is 3.45. The highest BCUT2D eigenvalue weighted by atomic mass is 35.5. The maximum Gasteiger partial charge on any atom is 0.262 e. The third kappa shape index (κ3) is 3.72. The van der Waals surface area contributed by atoms with Gasteiger partial charge in [0.15, 0.2) is 4.77 Å². The Morgan fingerprint density at radius 1 is 1.34 bits per heavy atom. The third-order valence-electron chi connectivity index (χ3n) is 5.18. The number of aromatic nitrogens is 2. The lowest BCUT2D eigenvalue weighted by Crippen LogP contribution is -2.33. The van der Waals surface area contributed by atoms with Crippen molar-refractivity contribution in [1.82, 2.24) is 14.5 Å². The SMILES string of the molecule is CCn1c(=S)[nH]c2cc(C(=O)N(Cc3c(F)cccc3Cl)C3CC3)ccc2c1=O. The summed E-state index contributed by atoms with van der Waals surface area (Å²) in [6.07, 6.45) is 1.74. The summed E-state index contributed by atoms with van der Waals surface area (Å²) >= 11 is 11.4. The minimum absolute atomic E-state index is 0.0560. The number of nitrogens with one attached hydrogen (secondary N) is 1. The molecule has 0 aliphatic heterocycles. The Kier molecular flexibility index (Phi) is 5.27. The number of halogens is 2. The maximum absolute atomic E-state index is 14.3. The molecule has 1 heterocycles. The first-order valence-corrected chi connectivity index (χ1v) is 10.2. The predicted molar refractivity (Wildman–Crippen MR) is 113 cm³/mol. The minimum atomic E-state index is -0.432. The van der Waals surface area contributed by atoms with E-state index < -0.39 is 5.82 Å². The van der Waals surface area contributed by atoms with Crippen LogP contribution < -0.4 is 5.56 Å². The molecule has 0 atom stereocenters. The highest BCUT2D eigenvalue weighted by Gasteiger charge is 2.34. The third-order valence-corrected chi connectivity index (χ3v) is 5.86. The molecule has 3 aromatic rings. The van der Waals surface area contributed by atoms with Gasteiger partial charge in [-0.2, -0.15) is 0 Å². The second kappa shape index (κ2) is 7.72. The van der Waals surface area contributed by atoms with E-state index in [1.165, 1.54) is 10.6 Å². The lowest BCUT2D eigenvalue weighted by molar-refractivity contribution is 0.0728. The van der Waals surface area contributed by atoms with Crippen LogP contribution in [0.4, 0.5) is 4.39 Å². The second-order valence-corrected chi connectivity index (χ2v) is 7.90. The summed E-state index contributed by atoms with van der Waals surface area (Å²) < 4.78 is 16.0. The molecule has 150 valence electrons. The topological polar surface area (TPSA) is 58.1 Å². The number of carbonyl (C=O) groups is 1. The van der Waals surface area contributed by atoms with E-state index in [9.17, 15) is 14.0 Å². The molecule has 0 radical (unpaired) electrons. The van der Waals surface area contributed by atoms with Crippen LogP contribution in [-0.4, -0.2) is 26.4 Å². The molecular formula is C21H19ClFN3O2S. The van der Waals surface area contributed by atoms with E-state index in [0.717, 1.165) is 12.8 Å². The Bertz CT molecular complexity index is 1210. The van der Waals surface area contributed by atoms with Crippen LogP contribution >= 0.6 is 23.8 Å². The number of hydrogen-bond acceptors (Lipinski definition) is 3. The minimum Gasteiger partial charge on any atom is -0.332 e. The van der Waals surface area contributed by atoms with Crippen LogP contribution in [0.25, 0.3) is 10.9 Å².